The van der Waals surface area contributed by atoms with Crippen molar-refractivity contribution in [1.82, 2.24) is 5.32 Å². The summed E-state index contributed by atoms with van der Waals surface area (Å²) in [6.07, 6.45) is 2.53. The molecule has 0 saturated carbocycles. The second kappa shape index (κ2) is 7.26. The molecule has 16 heavy (non-hydrogen) atoms. The van der Waals surface area contributed by atoms with Crippen LogP contribution in [-0.4, -0.2) is 11.7 Å². The second-order valence-corrected chi connectivity index (χ2v) is 4.48. The number of phenols is 1. The number of aromatic hydroxyl groups is 1. The molecule has 86 valence electrons. The maximum absolute atomic E-state index is 9.57. The first kappa shape index (κ1) is 13.0. The molecular formula is C12H15BrN2O. The minimum Gasteiger partial charge on any atom is -0.508 e. The van der Waals surface area contributed by atoms with E-state index in [1.165, 1.54) is 0 Å². The van der Waals surface area contributed by atoms with Gasteiger partial charge in [-0.3, -0.25) is 0 Å². The number of phenolic OH excluding ortho intramolecular Hbond substituents is 1. The summed E-state index contributed by atoms with van der Waals surface area (Å²) in [7, 11) is 0. The van der Waals surface area contributed by atoms with Crippen LogP contribution in [0, 0.1) is 11.3 Å². The van der Waals surface area contributed by atoms with Crippen LogP contribution in [-0.2, 0) is 6.54 Å². The monoisotopic (exact) mass is 282 g/mol. The highest BCUT2D eigenvalue weighted by Gasteiger charge is 2.00. The number of rotatable bonds is 6. The van der Waals surface area contributed by atoms with Gasteiger partial charge < -0.3 is 10.4 Å². The molecular weight excluding hydrogens is 268 g/mol. The van der Waals surface area contributed by atoms with Gasteiger partial charge in [-0.2, -0.15) is 5.26 Å². The Morgan fingerprint density at radius 1 is 1.38 bits per heavy atom. The highest BCUT2D eigenvalue weighted by Crippen LogP contribution is 2.21. The van der Waals surface area contributed by atoms with Gasteiger partial charge in [-0.25, -0.2) is 0 Å². The zero-order valence-corrected chi connectivity index (χ0v) is 10.6. The van der Waals surface area contributed by atoms with Crippen LogP contribution in [0.3, 0.4) is 0 Å². The molecule has 0 aliphatic carbocycles. The molecule has 1 aromatic rings. The molecule has 0 radical (unpaired) electrons. The summed E-state index contributed by atoms with van der Waals surface area (Å²) in [6, 6.07) is 7.51. The zero-order valence-electron chi connectivity index (χ0n) is 9.04. The molecule has 2 N–H and O–H groups in total. The van der Waals surface area contributed by atoms with E-state index in [0.717, 1.165) is 29.4 Å². The number of halogens is 1. The normalized spacial score (nSPS) is 10.0. The van der Waals surface area contributed by atoms with Gasteiger partial charge in [0.1, 0.15) is 5.75 Å². The SMILES string of the molecule is N#CCCCCNCc1cc(Br)ccc1O. The summed E-state index contributed by atoms with van der Waals surface area (Å²) in [4.78, 5) is 0. The number of nitrogens with one attached hydrogen (secondary N) is 1. The van der Waals surface area contributed by atoms with Crippen LogP contribution >= 0.6 is 15.9 Å². The Bertz CT molecular complexity index is 374. The molecule has 1 rings (SSSR count). The van der Waals surface area contributed by atoms with E-state index in [2.05, 4.69) is 27.3 Å². The molecule has 1 aromatic carbocycles. The molecule has 0 atom stereocenters. The van der Waals surface area contributed by atoms with Crippen LogP contribution in [0.2, 0.25) is 0 Å². The molecule has 0 unspecified atom stereocenters. The van der Waals surface area contributed by atoms with Gasteiger partial charge in [0.2, 0.25) is 0 Å². The summed E-state index contributed by atoms with van der Waals surface area (Å²) >= 11 is 3.36. The lowest BCUT2D eigenvalue weighted by Gasteiger charge is -2.06. The fraction of sp³-hybridized carbons (Fsp3) is 0.417. The number of hydrogen-bond donors (Lipinski definition) is 2. The first-order valence-corrected chi connectivity index (χ1v) is 6.08. The number of unbranched alkanes of at least 4 members (excludes halogenated alkanes) is 2. The summed E-state index contributed by atoms with van der Waals surface area (Å²) in [5.74, 6) is 0.313. The molecule has 4 heteroatoms. The molecule has 3 nitrogen and oxygen atoms in total. The molecule has 0 fully saturated rings. The third-order valence-corrected chi connectivity index (χ3v) is 2.74. The van der Waals surface area contributed by atoms with Crippen LogP contribution in [0.5, 0.6) is 5.75 Å². The number of hydrogen-bond acceptors (Lipinski definition) is 3. The smallest absolute Gasteiger partial charge is 0.120 e. The molecule has 0 aliphatic heterocycles. The highest BCUT2D eigenvalue weighted by molar-refractivity contribution is 9.10. The Labute approximate surface area is 104 Å². The molecule has 0 bridgehead atoms. The van der Waals surface area contributed by atoms with Crippen molar-refractivity contribution < 1.29 is 5.11 Å². The molecule has 0 saturated heterocycles. The van der Waals surface area contributed by atoms with Crippen molar-refractivity contribution in [3.8, 4) is 11.8 Å². The van der Waals surface area contributed by atoms with E-state index in [1.54, 1.807) is 6.07 Å². The maximum atomic E-state index is 9.57. The van der Waals surface area contributed by atoms with Crippen molar-refractivity contribution >= 4 is 15.9 Å². The average Bonchev–Trinajstić information content (AvgIpc) is 2.28. The Morgan fingerprint density at radius 2 is 2.19 bits per heavy atom. The van der Waals surface area contributed by atoms with Gasteiger partial charge in [0.15, 0.2) is 0 Å². The van der Waals surface area contributed by atoms with Gasteiger partial charge >= 0.3 is 0 Å². The highest BCUT2D eigenvalue weighted by atomic mass is 79.9. The summed E-state index contributed by atoms with van der Waals surface area (Å²) < 4.78 is 0.964. The Hall–Kier alpha value is -1.05. The van der Waals surface area contributed by atoms with Gasteiger partial charge in [-0.1, -0.05) is 15.9 Å². The van der Waals surface area contributed by atoms with Crippen LogP contribution in [0.1, 0.15) is 24.8 Å². The lowest BCUT2D eigenvalue weighted by Crippen LogP contribution is -2.14. The third-order valence-electron chi connectivity index (χ3n) is 2.25. The van der Waals surface area contributed by atoms with Gasteiger partial charge in [0, 0.05) is 23.0 Å². The molecule has 0 aromatic heterocycles. The summed E-state index contributed by atoms with van der Waals surface area (Å²) in [6.45, 7) is 1.52. The first-order chi connectivity index (χ1) is 7.74. The molecule has 0 aliphatic rings. The zero-order chi connectivity index (χ0) is 11.8. The minimum absolute atomic E-state index is 0.313. The van der Waals surface area contributed by atoms with Gasteiger partial charge in [-0.15, -0.1) is 0 Å². The summed E-state index contributed by atoms with van der Waals surface area (Å²) in [5, 5.41) is 21.2. The van der Waals surface area contributed by atoms with E-state index >= 15 is 0 Å². The number of benzene rings is 1. The predicted octanol–water partition coefficient (Wildman–Crippen LogP) is 2.94. The van der Waals surface area contributed by atoms with E-state index in [0.29, 0.717) is 18.7 Å². The van der Waals surface area contributed by atoms with E-state index < -0.39 is 0 Å². The standard InChI is InChI=1S/C12H15BrN2O/c13-11-4-5-12(16)10(8-11)9-15-7-3-1-2-6-14/h4-5,8,15-16H,1-3,7,9H2. The summed E-state index contributed by atoms with van der Waals surface area (Å²) in [5.41, 5.74) is 0.884. The van der Waals surface area contributed by atoms with E-state index in [9.17, 15) is 5.11 Å². The Balaban J connectivity index is 2.27. The first-order valence-electron chi connectivity index (χ1n) is 5.29. The van der Waals surface area contributed by atoms with E-state index in [-0.39, 0.29) is 0 Å². The number of nitrogens with zero attached hydrogens (tertiary/aromatic N) is 1. The maximum Gasteiger partial charge on any atom is 0.120 e. The van der Waals surface area contributed by atoms with Crippen LogP contribution in [0.25, 0.3) is 0 Å². The van der Waals surface area contributed by atoms with E-state index in [4.69, 9.17) is 5.26 Å². The van der Waals surface area contributed by atoms with Gasteiger partial charge in [0.25, 0.3) is 0 Å². The van der Waals surface area contributed by atoms with Gasteiger partial charge in [-0.05, 0) is 37.6 Å². The van der Waals surface area contributed by atoms with Gasteiger partial charge in [0.05, 0.1) is 6.07 Å². The van der Waals surface area contributed by atoms with E-state index in [1.807, 2.05) is 12.1 Å². The minimum atomic E-state index is 0.313. The van der Waals surface area contributed by atoms with Crippen LogP contribution < -0.4 is 5.32 Å². The molecule has 0 amide bonds. The fourth-order valence-electron chi connectivity index (χ4n) is 1.37. The van der Waals surface area contributed by atoms with Crippen molar-refractivity contribution in [2.75, 3.05) is 6.54 Å². The van der Waals surface area contributed by atoms with Crippen molar-refractivity contribution in [1.29, 1.82) is 5.26 Å². The fourth-order valence-corrected chi connectivity index (χ4v) is 1.78. The predicted molar refractivity (Wildman–Crippen MR) is 67.0 cm³/mol. The largest absolute Gasteiger partial charge is 0.508 e. The van der Waals surface area contributed by atoms with Crippen molar-refractivity contribution in [2.45, 2.75) is 25.8 Å². The van der Waals surface area contributed by atoms with Crippen LogP contribution in [0.15, 0.2) is 22.7 Å². The quantitative estimate of drug-likeness (QED) is 0.789. The van der Waals surface area contributed by atoms with Crippen molar-refractivity contribution in [3.05, 3.63) is 28.2 Å². The lowest BCUT2D eigenvalue weighted by molar-refractivity contribution is 0.464. The number of nitriles is 1. The third kappa shape index (κ3) is 4.65. The average molecular weight is 283 g/mol. The van der Waals surface area contributed by atoms with Crippen LogP contribution in [0.4, 0.5) is 0 Å². The molecule has 0 heterocycles. The van der Waals surface area contributed by atoms with Crippen molar-refractivity contribution in [2.24, 2.45) is 0 Å². The molecule has 0 spiro atoms. The Kier molecular flexibility index (Phi) is 5.91. The second-order valence-electron chi connectivity index (χ2n) is 3.57. The Morgan fingerprint density at radius 3 is 2.94 bits per heavy atom. The lowest BCUT2D eigenvalue weighted by atomic mass is 10.2. The topological polar surface area (TPSA) is 56.0 Å². The van der Waals surface area contributed by atoms with Crippen molar-refractivity contribution in [3.63, 3.8) is 0 Å².